The van der Waals surface area contributed by atoms with Gasteiger partial charge in [0.05, 0.1) is 22.9 Å². The molecule has 0 spiro atoms. The summed E-state index contributed by atoms with van der Waals surface area (Å²) in [6, 6.07) is 9.51. The van der Waals surface area contributed by atoms with E-state index in [1.54, 1.807) is 31.2 Å². The first-order chi connectivity index (χ1) is 9.95. The Labute approximate surface area is 132 Å². The van der Waals surface area contributed by atoms with E-state index in [9.17, 15) is 9.18 Å². The van der Waals surface area contributed by atoms with Crippen LogP contribution in [0.5, 0.6) is 0 Å². The van der Waals surface area contributed by atoms with Crippen LogP contribution in [-0.4, -0.2) is 12.5 Å². The third-order valence-electron chi connectivity index (χ3n) is 2.77. The Hall–Kier alpha value is -1.78. The number of nitrogens with one attached hydrogen (secondary N) is 2. The van der Waals surface area contributed by atoms with Crippen LogP contribution in [0.15, 0.2) is 36.4 Å². The molecular formula is C15H13Cl2FN2O. The zero-order chi connectivity index (χ0) is 15.4. The Morgan fingerprint density at radius 2 is 1.86 bits per heavy atom. The number of carbonyl (C=O) groups is 1. The van der Waals surface area contributed by atoms with Gasteiger partial charge in [0.15, 0.2) is 0 Å². The molecule has 1 amide bonds. The van der Waals surface area contributed by atoms with E-state index in [4.69, 9.17) is 23.2 Å². The molecule has 2 N–H and O–H groups in total. The second kappa shape index (κ2) is 6.78. The second-order valence-corrected chi connectivity index (χ2v) is 5.35. The number of rotatable bonds is 4. The fourth-order valence-corrected chi connectivity index (χ4v) is 2.18. The standard InChI is InChI=1S/C15H13Cl2FN2O/c1-9-2-4-14(12(18)6-9)19-8-15(21)20-13-5-3-10(16)7-11(13)17/h2-7,19H,8H2,1H3,(H,20,21). The monoisotopic (exact) mass is 326 g/mol. The topological polar surface area (TPSA) is 41.1 Å². The third-order valence-corrected chi connectivity index (χ3v) is 3.32. The van der Waals surface area contributed by atoms with Gasteiger partial charge in [-0.2, -0.15) is 0 Å². The van der Waals surface area contributed by atoms with Crippen LogP contribution in [0.3, 0.4) is 0 Å². The van der Waals surface area contributed by atoms with Crippen LogP contribution in [-0.2, 0) is 4.79 Å². The summed E-state index contributed by atoms with van der Waals surface area (Å²) < 4.78 is 13.6. The zero-order valence-electron chi connectivity index (χ0n) is 11.2. The molecular weight excluding hydrogens is 314 g/mol. The van der Waals surface area contributed by atoms with E-state index in [2.05, 4.69) is 10.6 Å². The maximum atomic E-state index is 13.6. The highest BCUT2D eigenvalue weighted by Crippen LogP contribution is 2.25. The molecule has 0 fully saturated rings. The van der Waals surface area contributed by atoms with Gasteiger partial charge in [-0.25, -0.2) is 4.39 Å². The number of amides is 1. The average molecular weight is 327 g/mol. The number of carbonyl (C=O) groups excluding carboxylic acids is 1. The predicted molar refractivity (Wildman–Crippen MR) is 84.7 cm³/mol. The molecule has 0 heterocycles. The minimum atomic E-state index is -0.396. The van der Waals surface area contributed by atoms with Crippen molar-refractivity contribution in [3.05, 3.63) is 57.8 Å². The fourth-order valence-electron chi connectivity index (χ4n) is 1.72. The molecule has 2 aromatic carbocycles. The van der Waals surface area contributed by atoms with Gasteiger partial charge >= 0.3 is 0 Å². The molecule has 0 saturated heterocycles. The SMILES string of the molecule is Cc1ccc(NCC(=O)Nc2ccc(Cl)cc2Cl)c(F)c1. The molecule has 0 bridgehead atoms. The van der Waals surface area contributed by atoms with Gasteiger partial charge in [-0.05, 0) is 42.8 Å². The smallest absolute Gasteiger partial charge is 0.243 e. The summed E-state index contributed by atoms with van der Waals surface area (Å²) in [5, 5.41) is 6.19. The number of hydrogen-bond donors (Lipinski definition) is 2. The van der Waals surface area contributed by atoms with Crippen molar-refractivity contribution < 1.29 is 9.18 Å². The summed E-state index contributed by atoms with van der Waals surface area (Å²) in [6.07, 6.45) is 0. The normalized spacial score (nSPS) is 10.3. The van der Waals surface area contributed by atoms with Crippen molar-refractivity contribution in [2.45, 2.75) is 6.92 Å². The Kier molecular flexibility index (Phi) is 5.04. The van der Waals surface area contributed by atoms with Gasteiger partial charge in [0.1, 0.15) is 5.82 Å². The van der Waals surface area contributed by atoms with Crippen molar-refractivity contribution in [3.63, 3.8) is 0 Å². The van der Waals surface area contributed by atoms with Gasteiger partial charge in [0.2, 0.25) is 5.91 Å². The van der Waals surface area contributed by atoms with Gasteiger partial charge in [-0.1, -0.05) is 29.3 Å². The summed E-state index contributed by atoms with van der Waals surface area (Å²) in [4.78, 5) is 11.8. The highest BCUT2D eigenvalue weighted by atomic mass is 35.5. The molecule has 0 radical (unpaired) electrons. The molecule has 0 aromatic heterocycles. The van der Waals surface area contributed by atoms with Crippen molar-refractivity contribution in [2.75, 3.05) is 17.2 Å². The quantitative estimate of drug-likeness (QED) is 0.869. The van der Waals surface area contributed by atoms with Gasteiger partial charge in [-0.3, -0.25) is 4.79 Å². The molecule has 0 aliphatic carbocycles. The highest BCUT2D eigenvalue weighted by molar-refractivity contribution is 6.36. The molecule has 0 aliphatic heterocycles. The lowest BCUT2D eigenvalue weighted by atomic mass is 10.2. The minimum Gasteiger partial charge on any atom is -0.374 e. The van der Waals surface area contributed by atoms with Crippen LogP contribution >= 0.6 is 23.2 Å². The Balaban J connectivity index is 1.96. The van der Waals surface area contributed by atoms with Gasteiger partial charge < -0.3 is 10.6 Å². The number of benzene rings is 2. The molecule has 21 heavy (non-hydrogen) atoms. The number of anilines is 2. The zero-order valence-corrected chi connectivity index (χ0v) is 12.7. The first-order valence-corrected chi connectivity index (χ1v) is 6.96. The van der Waals surface area contributed by atoms with Crippen molar-refractivity contribution in [3.8, 4) is 0 Å². The molecule has 0 aliphatic rings. The summed E-state index contributed by atoms with van der Waals surface area (Å²) >= 11 is 11.7. The average Bonchev–Trinajstić information content (AvgIpc) is 2.41. The lowest BCUT2D eigenvalue weighted by Gasteiger charge is -2.10. The molecule has 3 nitrogen and oxygen atoms in total. The van der Waals surface area contributed by atoms with E-state index in [1.807, 2.05) is 0 Å². The number of hydrogen-bond acceptors (Lipinski definition) is 2. The maximum Gasteiger partial charge on any atom is 0.243 e. The number of aryl methyl sites for hydroxylation is 1. The second-order valence-electron chi connectivity index (χ2n) is 4.51. The van der Waals surface area contributed by atoms with Crippen LogP contribution < -0.4 is 10.6 Å². The van der Waals surface area contributed by atoms with Crippen molar-refractivity contribution in [1.82, 2.24) is 0 Å². The van der Waals surface area contributed by atoms with E-state index >= 15 is 0 Å². The van der Waals surface area contributed by atoms with E-state index in [-0.39, 0.29) is 18.1 Å². The van der Waals surface area contributed by atoms with Crippen LogP contribution in [0, 0.1) is 12.7 Å². The lowest BCUT2D eigenvalue weighted by Crippen LogP contribution is -2.22. The Morgan fingerprint density at radius 3 is 2.52 bits per heavy atom. The molecule has 0 saturated carbocycles. The van der Waals surface area contributed by atoms with E-state index in [1.165, 1.54) is 12.1 Å². The van der Waals surface area contributed by atoms with Gasteiger partial charge in [0, 0.05) is 5.02 Å². The van der Waals surface area contributed by atoms with E-state index in [0.29, 0.717) is 15.7 Å². The van der Waals surface area contributed by atoms with Crippen LogP contribution in [0.1, 0.15) is 5.56 Å². The minimum absolute atomic E-state index is 0.0705. The van der Waals surface area contributed by atoms with E-state index in [0.717, 1.165) is 5.56 Å². The van der Waals surface area contributed by atoms with E-state index < -0.39 is 5.82 Å². The molecule has 0 atom stereocenters. The fraction of sp³-hybridized carbons (Fsp3) is 0.133. The maximum absolute atomic E-state index is 13.6. The number of halogens is 3. The predicted octanol–water partition coefficient (Wildman–Crippen LogP) is 4.49. The molecule has 2 rings (SSSR count). The van der Waals surface area contributed by atoms with Crippen LogP contribution in [0.4, 0.5) is 15.8 Å². The summed E-state index contributed by atoms with van der Waals surface area (Å²) in [5.74, 6) is -0.730. The lowest BCUT2D eigenvalue weighted by molar-refractivity contribution is -0.114. The van der Waals surface area contributed by atoms with Crippen molar-refractivity contribution in [1.29, 1.82) is 0 Å². The summed E-state index contributed by atoms with van der Waals surface area (Å²) in [5.41, 5.74) is 1.55. The highest BCUT2D eigenvalue weighted by Gasteiger charge is 2.08. The Bertz CT molecular complexity index is 677. The van der Waals surface area contributed by atoms with Gasteiger partial charge in [-0.15, -0.1) is 0 Å². The molecule has 110 valence electrons. The van der Waals surface area contributed by atoms with Crippen LogP contribution in [0.25, 0.3) is 0 Å². The van der Waals surface area contributed by atoms with Crippen LogP contribution in [0.2, 0.25) is 10.0 Å². The third kappa shape index (κ3) is 4.34. The Morgan fingerprint density at radius 1 is 1.14 bits per heavy atom. The molecule has 0 unspecified atom stereocenters. The summed E-state index contributed by atoms with van der Waals surface area (Å²) in [6.45, 7) is 1.72. The first kappa shape index (κ1) is 15.6. The molecule has 2 aromatic rings. The first-order valence-electron chi connectivity index (χ1n) is 6.20. The largest absolute Gasteiger partial charge is 0.374 e. The molecule has 6 heteroatoms. The van der Waals surface area contributed by atoms with Crippen molar-refractivity contribution in [2.24, 2.45) is 0 Å². The van der Waals surface area contributed by atoms with Crippen molar-refractivity contribution >= 4 is 40.5 Å². The summed E-state index contributed by atoms with van der Waals surface area (Å²) in [7, 11) is 0. The van der Waals surface area contributed by atoms with Gasteiger partial charge in [0.25, 0.3) is 0 Å².